The molecule has 106 valence electrons. The minimum absolute atomic E-state index is 0.0358. The number of benzene rings is 1. The Morgan fingerprint density at radius 1 is 1.40 bits per heavy atom. The summed E-state index contributed by atoms with van der Waals surface area (Å²) < 4.78 is 5.47. The first-order valence-corrected chi connectivity index (χ1v) is 6.97. The molecule has 0 aliphatic carbocycles. The van der Waals surface area contributed by atoms with Gasteiger partial charge in [0.15, 0.2) is 0 Å². The number of carbonyl (C=O) groups excluding carboxylic acids is 1. The molecule has 1 heterocycles. The van der Waals surface area contributed by atoms with E-state index in [0.29, 0.717) is 19.7 Å². The van der Waals surface area contributed by atoms with E-state index in [0.717, 1.165) is 30.4 Å². The number of ether oxygens (including phenoxy) is 1. The largest absolute Gasteiger partial charge is 0.368 e. The van der Waals surface area contributed by atoms with Gasteiger partial charge in [-0.25, -0.2) is 0 Å². The lowest BCUT2D eigenvalue weighted by Crippen LogP contribution is -2.38. The van der Waals surface area contributed by atoms with Crippen molar-refractivity contribution in [2.45, 2.75) is 31.9 Å². The lowest BCUT2D eigenvalue weighted by atomic mass is 10.1. The fraction of sp³-hybridized carbons (Fsp3) is 0.438. The number of hydrogen-bond donors (Lipinski definition) is 2. The minimum Gasteiger partial charge on any atom is -0.368 e. The van der Waals surface area contributed by atoms with Crippen LogP contribution in [0.3, 0.4) is 0 Å². The van der Waals surface area contributed by atoms with E-state index in [2.05, 4.69) is 17.2 Å². The highest BCUT2D eigenvalue weighted by Crippen LogP contribution is 2.13. The van der Waals surface area contributed by atoms with Crippen LogP contribution in [-0.4, -0.2) is 25.2 Å². The molecule has 0 saturated carbocycles. The zero-order valence-corrected chi connectivity index (χ0v) is 11.5. The molecule has 1 aromatic rings. The number of nitrogens with two attached hydrogens (primary N) is 1. The number of amides is 1. The summed E-state index contributed by atoms with van der Waals surface area (Å²) in [6.07, 6.45) is 2.60. The smallest absolute Gasteiger partial charge is 0.249 e. The predicted octanol–water partition coefficient (Wildman–Crippen LogP) is 1.18. The van der Waals surface area contributed by atoms with Gasteiger partial charge in [0.2, 0.25) is 5.91 Å². The number of rotatable bonds is 3. The quantitative estimate of drug-likeness (QED) is 0.812. The number of carbonyl (C=O) groups is 1. The van der Waals surface area contributed by atoms with E-state index in [9.17, 15) is 4.79 Å². The average molecular weight is 272 g/mol. The van der Waals surface area contributed by atoms with Gasteiger partial charge in [-0.15, -0.1) is 0 Å². The second-order valence-corrected chi connectivity index (χ2v) is 4.74. The lowest BCUT2D eigenvalue weighted by Gasteiger charge is -2.21. The third-order valence-electron chi connectivity index (χ3n) is 3.27. The monoisotopic (exact) mass is 272 g/mol. The Morgan fingerprint density at radius 2 is 2.25 bits per heavy atom. The third-order valence-corrected chi connectivity index (χ3v) is 3.27. The Labute approximate surface area is 119 Å². The van der Waals surface area contributed by atoms with Gasteiger partial charge < -0.3 is 15.8 Å². The van der Waals surface area contributed by atoms with E-state index in [-0.39, 0.29) is 12.0 Å². The Morgan fingerprint density at radius 3 is 3.00 bits per heavy atom. The average Bonchev–Trinajstić information content (AvgIpc) is 2.52. The molecule has 4 nitrogen and oxygen atoms in total. The summed E-state index contributed by atoms with van der Waals surface area (Å²) in [7, 11) is 0. The zero-order valence-electron chi connectivity index (χ0n) is 11.5. The molecular weight excluding hydrogens is 252 g/mol. The topological polar surface area (TPSA) is 64.3 Å². The lowest BCUT2D eigenvalue weighted by molar-refractivity contribution is -0.135. The van der Waals surface area contributed by atoms with Crippen molar-refractivity contribution >= 4 is 5.91 Å². The van der Waals surface area contributed by atoms with Crippen molar-refractivity contribution < 1.29 is 9.53 Å². The van der Waals surface area contributed by atoms with Crippen LogP contribution < -0.4 is 11.1 Å². The maximum Gasteiger partial charge on any atom is 0.249 e. The van der Waals surface area contributed by atoms with Crippen LogP contribution in [0.5, 0.6) is 0 Å². The van der Waals surface area contributed by atoms with E-state index in [4.69, 9.17) is 10.5 Å². The highest BCUT2D eigenvalue weighted by Gasteiger charge is 2.21. The summed E-state index contributed by atoms with van der Waals surface area (Å²) in [4.78, 5) is 12.0. The predicted molar refractivity (Wildman–Crippen MR) is 77.8 cm³/mol. The van der Waals surface area contributed by atoms with Crippen LogP contribution >= 0.6 is 0 Å². The first-order valence-electron chi connectivity index (χ1n) is 6.97. The van der Waals surface area contributed by atoms with Gasteiger partial charge in [0.25, 0.3) is 0 Å². The van der Waals surface area contributed by atoms with Crippen molar-refractivity contribution in [3.63, 3.8) is 0 Å². The molecule has 1 fully saturated rings. The normalized spacial score (nSPS) is 17.9. The molecule has 0 spiro atoms. The maximum atomic E-state index is 12.0. The molecule has 0 bridgehead atoms. The summed E-state index contributed by atoms with van der Waals surface area (Å²) in [6.45, 7) is 1.47. The van der Waals surface area contributed by atoms with Crippen LogP contribution in [0.15, 0.2) is 24.3 Å². The molecule has 1 amide bonds. The van der Waals surface area contributed by atoms with Crippen LogP contribution in [0.4, 0.5) is 0 Å². The van der Waals surface area contributed by atoms with Gasteiger partial charge in [0.05, 0.1) is 6.54 Å². The van der Waals surface area contributed by atoms with Crippen molar-refractivity contribution in [3.8, 4) is 11.8 Å². The fourth-order valence-corrected chi connectivity index (χ4v) is 2.19. The van der Waals surface area contributed by atoms with Crippen molar-refractivity contribution in [3.05, 3.63) is 35.4 Å². The number of nitrogens with one attached hydrogen (secondary N) is 1. The van der Waals surface area contributed by atoms with Crippen LogP contribution in [0.1, 0.15) is 30.4 Å². The van der Waals surface area contributed by atoms with Gasteiger partial charge in [-0.05, 0) is 30.9 Å². The molecule has 1 aromatic carbocycles. The first-order chi connectivity index (χ1) is 9.81. The first kappa shape index (κ1) is 14.6. The van der Waals surface area contributed by atoms with E-state index < -0.39 is 0 Å². The van der Waals surface area contributed by atoms with Crippen molar-refractivity contribution in [1.29, 1.82) is 0 Å². The Kier molecular flexibility index (Phi) is 5.60. The summed E-state index contributed by atoms with van der Waals surface area (Å²) in [5.74, 6) is 5.82. The van der Waals surface area contributed by atoms with Crippen LogP contribution in [-0.2, 0) is 16.1 Å². The Bertz CT molecular complexity index is 511. The van der Waals surface area contributed by atoms with Gasteiger partial charge >= 0.3 is 0 Å². The van der Waals surface area contributed by atoms with Crippen molar-refractivity contribution in [1.82, 2.24) is 5.32 Å². The van der Waals surface area contributed by atoms with Gasteiger partial charge in [-0.1, -0.05) is 30.0 Å². The van der Waals surface area contributed by atoms with Crippen LogP contribution in [0, 0.1) is 11.8 Å². The van der Waals surface area contributed by atoms with Crippen LogP contribution in [0.25, 0.3) is 0 Å². The molecule has 1 aliphatic heterocycles. The molecular formula is C16H20N2O2. The van der Waals surface area contributed by atoms with Gasteiger partial charge in [-0.3, -0.25) is 4.79 Å². The summed E-state index contributed by atoms with van der Waals surface area (Å²) in [5.41, 5.74) is 7.29. The van der Waals surface area contributed by atoms with E-state index in [1.807, 2.05) is 24.3 Å². The molecule has 2 rings (SSSR count). The summed E-state index contributed by atoms with van der Waals surface area (Å²) >= 11 is 0. The molecule has 1 atom stereocenters. The van der Waals surface area contributed by atoms with Crippen molar-refractivity contribution in [2.75, 3.05) is 13.2 Å². The molecule has 3 N–H and O–H groups in total. The van der Waals surface area contributed by atoms with E-state index in [1.165, 1.54) is 0 Å². The number of hydrogen-bond acceptors (Lipinski definition) is 3. The fourth-order valence-electron chi connectivity index (χ4n) is 2.19. The molecule has 20 heavy (non-hydrogen) atoms. The minimum atomic E-state index is -0.300. The SMILES string of the molecule is NCC#Cc1ccccc1CNC(=O)C1CCCCO1. The van der Waals surface area contributed by atoms with E-state index in [1.54, 1.807) is 0 Å². The highest BCUT2D eigenvalue weighted by molar-refractivity contribution is 5.80. The van der Waals surface area contributed by atoms with Gasteiger partial charge in [-0.2, -0.15) is 0 Å². The molecule has 1 saturated heterocycles. The molecule has 1 unspecified atom stereocenters. The standard InChI is InChI=1S/C16H20N2O2/c17-10-5-8-13-6-1-2-7-14(13)12-18-16(19)15-9-3-4-11-20-15/h1-2,6-7,15H,3-4,9-12,17H2,(H,18,19). The van der Waals surface area contributed by atoms with Gasteiger partial charge in [0, 0.05) is 18.7 Å². The Balaban J connectivity index is 1.94. The molecule has 0 aromatic heterocycles. The zero-order chi connectivity index (χ0) is 14.2. The highest BCUT2D eigenvalue weighted by atomic mass is 16.5. The van der Waals surface area contributed by atoms with E-state index >= 15 is 0 Å². The maximum absolute atomic E-state index is 12.0. The summed E-state index contributed by atoms with van der Waals surface area (Å²) in [5, 5.41) is 2.92. The second-order valence-electron chi connectivity index (χ2n) is 4.74. The second kappa shape index (κ2) is 7.68. The third kappa shape index (κ3) is 4.09. The summed E-state index contributed by atoms with van der Waals surface area (Å²) in [6, 6.07) is 7.76. The van der Waals surface area contributed by atoms with Gasteiger partial charge in [0.1, 0.15) is 6.10 Å². The molecule has 1 aliphatic rings. The molecule has 4 heteroatoms. The van der Waals surface area contributed by atoms with Crippen LogP contribution in [0.2, 0.25) is 0 Å². The van der Waals surface area contributed by atoms with Crippen molar-refractivity contribution in [2.24, 2.45) is 5.73 Å². The molecule has 0 radical (unpaired) electrons. The Hall–Kier alpha value is -1.83.